The van der Waals surface area contributed by atoms with Crippen LogP contribution in [0, 0.1) is 0 Å². The number of benzene rings is 2. The van der Waals surface area contributed by atoms with E-state index in [4.69, 9.17) is 4.42 Å². The van der Waals surface area contributed by atoms with Gasteiger partial charge in [0, 0.05) is 11.1 Å². The van der Waals surface area contributed by atoms with Gasteiger partial charge >= 0.3 is 11.8 Å². The lowest BCUT2D eigenvalue weighted by Crippen LogP contribution is -2.06. The van der Waals surface area contributed by atoms with Crippen LogP contribution in [-0.2, 0) is 12.9 Å². The molecule has 1 aromatic heterocycles. The molecule has 2 nitrogen and oxygen atoms in total. The van der Waals surface area contributed by atoms with Crippen LogP contribution in [0.2, 0.25) is 0 Å². The van der Waals surface area contributed by atoms with E-state index in [0.717, 1.165) is 24.3 Å². The summed E-state index contributed by atoms with van der Waals surface area (Å²) in [6, 6.07) is 10.4. The van der Waals surface area contributed by atoms with Crippen LogP contribution in [0.1, 0.15) is 11.1 Å². The predicted molar refractivity (Wildman–Crippen MR) is 77.7 cm³/mol. The lowest BCUT2D eigenvalue weighted by Gasteiger charge is -2.10. The van der Waals surface area contributed by atoms with Crippen LogP contribution < -0.4 is 5.63 Å². The molecule has 0 bridgehead atoms. The number of hydrogen-bond acceptors (Lipinski definition) is 2. The van der Waals surface area contributed by atoms with Gasteiger partial charge in [-0.25, -0.2) is 9.18 Å². The number of halogens is 4. The zero-order valence-electron chi connectivity index (χ0n) is 11.7. The van der Waals surface area contributed by atoms with Crippen molar-refractivity contribution in [1.29, 1.82) is 0 Å². The van der Waals surface area contributed by atoms with E-state index < -0.39 is 24.0 Å². The van der Waals surface area contributed by atoms with Gasteiger partial charge < -0.3 is 4.42 Å². The third-order valence-corrected chi connectivity index (χ3v) is 3.55. The van der Waals surface area contributed by atoms with Crippen molar-refractivity contribution in [2.24, 2.45) is 0 Å². The molecule has 0 spiro atoms. The average molecular weight is 322 g/mol. The number of fused-ring (bicyclic) bond motifs is 1. The first kappa shape index (κ1) is 15.3. The van der Waals surface area contributed by atoms with E-state index in [9.17, 15) is 22.4 Å². The summed E-state index contributed by atoms with van der Waals surface area (Å²) in [5.74, 6) is -0.0510. The average Bonchev–Trinajstić information content (AvgIpc) is 2.54. The van der Waals surface area contributed by atoms with E-state index in [1.165, 1.54) is 6.07 Å². The highest BCUT2D eigenvalue weighted by Crippen LogP contribution is 2.33. The maximum absolute atomic E-state index is 13.5. The van der Waals surface area contributed by atoms with Crippen molar-refractivity contribution in [2.45, 2.75) is 12.9 Å². The van der Waals surface area contributed by atoms with E-state index in [2.05, 4.69) is 0 Å². The second kappa shape index (κ2) is 5.53. The molecule has 0 aliphatic carbocycles. The lowest BCUT2D eigenvalue weighted by molar-refractivity contribution is -0.137. The van der Waals surface area contributed by atoms with Crippen LogP contribution in [0.3, 0.4) is 0 Å². The molecule has 0 atom stereocenters. The SMILES string of the molecule is O=c1oc(-c2ccc(C(F)(F)F)cc2)c(CF)c2ccccc12. The molecule has 0 aliphatic rings. The molecule has 0 saturated heterocycles. The minimum atomic E-state index is -4.47. The normalized spacial score (nSPS) is 11.8. The Morgan fingerprint density at radius 1 is 0.913 bits per heavy atom. The Labute approximate surface area is 128 Å². The highest BCUT2D eigenvalue weighted by Gasteiger charge is 2.30. The summed E-state index contributed by atoms with van der Waals surface area (Å²) in [6.07, 6.45) is -4.47. The zero-order valence-corrected chi connectivity index (χ0v) is 11.7. The maximum Gasteiger partial charge on any atom is 0.416 e. The minimum Gasteiger partial charge on any atom is -0.422 e. The Hall–Kier alpha value is -2.63. The van der Waals surface area contributed by atoms with Crippen LogP contribution in [-0.4, -0.2) is 0 Å². The van der Waals surface area contributed by atoms with Crippen LogP contribution in [0.4, 0.5) is 17.6 Å². The summed E-state index contributed by atoms with van der Waals surface area (Å²) >= 11 is 0. The second-order valence-corrected chi connectivity index (χ2v) is 4.95. The topological polar surface area (TPSA) is 30.2 Å². The first-order valence-corrected chi connectivity index (χ1v) is 6.70. The zero-order chi connectivity index (χ0) is 16.6. The van der Waals surface area contributed by atoms with Crippen molar-refractivity contribution in [3.05, 3.63) is 70.1 Å². The van der Waals surface area contributed by atoms with E-state index in [0.29, 0.717) is 5.39 Å². The summed E-state index contributed by atoms with van der Waals surface area (Å²) in [5, 5.41) is 0.622. The van der Waals surface area contributed by atoms with Gasteiger partial charge in [0.05, 0.1) is 10.9 Å². The molecule has 23 heavy (non-hydrogen) atoms. The Bertz CT molecular complexity index is 909. The monoisotopic (exact) mass is 322 g/mol. The summed E-state index contributed by atoms with van der Waals surface area (Å²) in [7, 11) is 0. The highest BCUT2D eigenvalue weighted by molar-refractivity contribution is 5.88. The molecule has 6 heteroatoms. The minimum absolute atomic E-state index is 0.0510. The van der Waals surface area contributed by atoms with Gasteiger partial charge in [0.1, 0.15) is 12.4 Å². The van der Waals surface area contributed by atoms with Crippen molar-refractivity contribution in [2.75, 3.05) is 0 Å². The molecule has 0 radical (unpaired) electrons. The molecule has 0 unspecified atom stereocenters. The number of rotatable bonds is 2. The Morgan fingerprint density at radius 3 is 2.09 bits per heavy atom. The number of alkyl halides is 4. The Balaban J connectivity index is 2.22. The number of hydrogen-bond donors (Lipinski definition) is 0. The molecule has 0 amide bonds. The highest BCUT2D eigenvalue weighted by atomic mass is 19.4. The Kier molecular flexibility index (Phi) is 3.67. The molecular weight excluding hydrogens is 312 g/mol. The van der Waals surface area contributed by atoms with Gasteiger partial charge in [0.15, 0.2) is 0 Å². The van der Waals surface area contributed by atoms with Crippen molar-refractivity contribution in [3.63, 3.8) is 0 Å². The van der Waals surface area contributed by atoms with E-state index in [1.807, 2.05) is 0 Å². The molecule has 2 aromatic carbocycles. The largest absolute Gasteiger partial charge is 0.422 e. The summed E-state index contributed by atoms with van der Waals surface area (Å²) < 4.78 is 56.4. The standard InChI is InChI=1S/C17H10F4O2/c18-9-14-12-3-1-2-4-13(12)16(22)23-15(14)10-5-7-11(8-6-10)17(19,20)21/h1-8H,9H2. The van der Waals surface area contributed by atoms with Gasteiger partial charge in [-0.3, -0.25) is 0 Å². The fraction of sp³-hybridized carbons (Fsp3) is 0.118. The van der Waals surface area contributed by atoms with Gasteiger partial charge in [-0.2, -0.15) is 13.2 Å². The molecule has 0 fully saturated rings. The third kappa shape index (κ3) is 2.72. The van der Waals surface area contributed by atoms with Gasteiger partial charge in [0.2, 0.25) is 0 Å². The van der Waals surface area contributed by atoms with Crippen LogP contribution in [0.5, 0.6) is 0 Å². The molecule has 3 rings (SSSR count). The smallest absolute Gasteiger partial charge is 0.416 e. The van der Waals surface area contributed by atoms with E-state index in [1.54, 1.807) is 18.2 Å². The van der Waals surface area contributed by atoms with Gasteiger partial charge in [-0.15, -0.1) is 0 Å². The van der Waals surface area contributed by atoms with Crippen molar-refractivity contribution < 1.29 is 22.0 Å². The summed E-state index contributed by atoms with van der Waals surface area (Å²) in [5.41, 5.74) is -1.13. The molecule has 0 aliphatic heterocycles. The van der Waals surface area contributed by atoms with E-state index >= 15 is 0 Å². The van der Waals surface area contributed by atoms with Gasteiger partial charge in [-0.1, -0.05) is 30.3 Å². The van der Waals surface area contributed by atoms with Crippen LogP contribution in [0.15, 0.2) is 57.7 Å². The molecule has 0 saturated carbocycles. The molecule has 3 aromatic rings. The summed E-state index contributed by atoms with van der Waals surface area (Å²) in [6.45, 7) is -0.902. The molecule has 1 heterocycles. The molecular formula is C17H10F4O2. The van der Waals surface area contributed by atoms with Crippen LogP contribution >= 0.6 is 0 Å². The Morgan fingerprint density at radius 2 is 1.52 bits per heavy atom. The fourth-order valence-corrected chi connectivity index (χ4v) is 2.43. The van der Waals surface area contributed by atoms with Gasteiger partial charge in [0.25, 0.3) is 0 Å². The first-order valence-electron chi connectivity index (χ1n) is 6.70. The second-order valence-electron chi connectivity index (χ2n) is 4.95. The fourth-order valence-electron chi connectivity index (χ4n) is 2.43. The quantitative estimate of drug-likeness (QED) is 0.625. The van der Waals surface area contributed by atoms with Crippen molar-refractivity contribution >= 4 is 10.8 Å². The maximum atomic E-state index is 13.5. The first-order chi connectivity index (χ1) is 10.9. The molecule has 118 valence electrons. The third-order valence-electron chi connectivity index (χ3n) is 3.55. The lowest BCUT2D eigenvalue weighted by atomic mass is 10.0. The van der Waals surface area contributed by atoms with Crippen LogP contribution in [0.25, 0.3) is 22.1 Å². The van der Waals surface area contributed by atoms with E-state index in [-0.39, 0.29) is 22.3 Å². The summed E-state index contributed by atoms with van der Waals surface area (Å²) in [4.78, 5) is 12.0. The van der Waals surface area contributed by atoms with Crippen molar-refractivity contribution in [3.8, 4) is 11.3 Å². The van der Waals surface area contributed by atoms with Gasteiger partial charge in [-0.05, 0) is 23.6 Å². The molecule has 0 N–H and O–H groups in total. The van der Waals surface area contributed by atoms with Crippen molar-refractivity contribution in [1.82, 2.24) is 0 Å². The predicted octanol–water partition coefficient (Wildman–Crippen LogP) is 4.95.